The van der Waals surface area contributed by atoms with E-state index in [9.17, 15) is 0 Å². The molecule has 0 aliphatic carbocycles. The molecule has 0 fully saturated rings. The van der Waals surface area contributed by atoms with Gasteiger partial charge in [-0.05, 0) is 37.6 Å². The van der Waals surface area contributed by atoms with Gasteiger partial charge in [-0.3, -0.25) is 4.68 Å². The summed E-state index contributed by atoms with van der Waals surface area (Å²) in [7, 11) is 0. The molecule has 1 heterocycles. The van der Waals surface area contributed by atoms with E-state index in [1.54, 1.807) is 0 Å². The Hall–Kier alpha value is -0.710. The van der Waals surface area contributed by atoms with Crippen LogP contribution < -0.4 is 4.74 Å². The summed E-state index contributed by atoms with van der Waals surface area (Å²) in [5.74, 6) is 1.20. The van der Waals surface area contributed by atoms with Crippen LogP contribution in [0.4, 0.5) is 0 Å². The van der Waals surface area contributed by atoms with Gasteiger partial charge in [-0.1, -0.05) is 27.5 Å². The molecule has 0 aliphatic heterocycles. The first-order valence-electron chi connectivity index (χ1n) is 6.25. The number of alkyl halides is 1. The highest BCUT2D eigenvalue weighted by molar-refractivity contribution is 9.10. The van der Waals surface area contributed by atoms with Gasteiger partial charge in [-0.25, -0.2) is 0 Å². The molecule has 6 heteroatoms. The quantitative estimate of drug-likeness (QED) is 0.689. The molecule has 2 aromatic rings. The second kappa shape index (κ2) is 6.83. The fraction of sp³-hybridized carbons (Fsp3) is 0.357. The average Bonchev–Trinajstić information content (AvgIpc) is 2.73. The largest absolute Gasteiger partial charge is 0.487 e. The molecule has 0 atom stereocenters. The van der Waals surface area contributed by atoms with Crippen molar-refractivity contribution in [3.05, 3.63) is 44.6 Å². The molecule has 0 aliphatic rings. The third kappa shape index (κ3) is 3.30. The molecule has 108 valence electrons. The fourth-order valence-electron chi connectivity index (χ4n) is 1.90. The molecule has 0 amide bonds. The van der Waals surface area contributed by atoms with Gasteiger partial charge in [0.2, 0.25) is 0 Å². The van der Waals surface area contributed by atoms with Crippen LogP contribution in [0.2, 0.25) is 5.02 Å². The molecule has 1 aromatic heterocycles. The predicted molar refractivity (Wildman–Crippen MR) is 85.7 cm³/mol. The number of aryl methyl sites for hydroxylation is 2. The number of hydrogen-bond donors (Lipinski definition) is 0. The minimum Gasteiger partial charge on any atom is -0.487 e. The third-order valence-electron chi connectivity index (χ3n) is 2.99. The zero-order valence-corrected chi connectivity index (χ0v) is 14.4. The standard InChI is InChI=1S/C14H15BrCl2N2O/c1-3-19-13(14(17)9(2)18-19)8-20-11-4-5-12(15)10(6-11)7-16/h4-6H,3,7-8H2,1-2H3. The number of aromatic nitrogens is 2. The normalized spacial score (nSPS) is 10.8. The molecule has 1 aromatic carbocycles. The van der Waals surface area contributed by atoms with Gasteiger partial charge in [0.25, 0.3) is 0 Å². The van der Waals surface area contributed by atoms with Crippen molar-refractivity contribution in [1.82, 2.24) is 9.78 Å². The molecule has 3 nitrogen and oxygen atoms in total. The Balaban J connectivity index is 2.16. The number of hydrogen-bond acceptors (Lipinski definition) is 2. The smallest absolute Gasteiger partial charge is 0.131 e. The second-order valence-corrected chi connectivity index (χ2v) is 5.84. The van der Waals surface area contributed by atoms with E-state index in [4.69, 9.17) is 27.9 Å². The maximum Gasteiger partial charge on any atom is 0.131 e. The summed E-state index contributed by atoms with van der Waals surface area (Å²) < 4.78 is 8.64. The van der Waals surface area contributed by atoms with Gasteiger partial charge < -0.3 is 4.74 Å². The number of halogens is 3. The Morgan fingerprint density at radius 1 is 1.40 bits per heavy atom. The lowest BCUT2D eigenvalue weighted by Gasteiger charge is -2.10. The fourth-order valence-corrected chi connectivity index (χ4v) is 2.86. The van der Waals surface area contributed by atoms with Crippen LogP contribution in [0.1, 0.15) is 23.9 Å². The van der Waals surface area contributed by atoms with Crippen LogP contribution in [0, 0.1) is 6.92 Å². The summed E-state index contributed by atoms with van der Waals surface area (Å²) >= 11 is 15.6. The maximum atomic E-state index is 6.25. The molecule has 0 N–H and O–H groups in total. The van der Waals surface area contributed by atoms with Crippen LogP contribution in [0.25, 0.3) is 0 Å². The lowest BCUT2D eigenvalue weighted by Crippen LogP contribution is -2.06. The highest BCUT2D eigenvalue weighted by Crippen LogP contribution is 2.26. The van der Waals surface area contributed by atoms with Gasteiger partial charge in [-0.2, -0.15) is 5.10 Å². The van der Waals surface area contributed by atoms with Gasteiger partial charge >= 0.3 is 0 Å². The molecule has 0 unspecified atom stereocenters. The summed E-state index contributed by atoms with van der Waals surface area (Å²) in [6, 6.07) is 5.75. The van der Waals surface area contributed by atoms with Crippen molar-refractivity contribution in [3.63, 3.8) is 0 Å². The summed E-state index contributed by atoms with van der Waals surface area (Å²) in [6.07, 6.45) is 0. The van der Waals surface area contributed by atoms with Crippen molar-refractivity contribution < 1.29 is 4.74 Å². The van der Waals surface area contributed by atoms with Gasteiger partial charge in [0.15, 0.2) is 0 Å². The Bertz CT molecular complexity index is 613. The maximum absolute atomic E-state index is 6.25. The van der Waals surface area contributed by atoms with E-state index in [1.807, 2.05) is 36.7 Å². The molecular formula is C14H15BrCl2N2O. The molecule has 0 saturated heterocycles. The topological polar surface area (TPSA) is 27.1 Å². The SMILES string of the molecule is CCn1nc(C)c(Cl)c1COc1ccc(Br)c(CCl)c1. The van der Waals surface area contributed by atoms with Crippen LogP contribution in [-0.4, -0.2) is 9.78 Å². The van der Waals surface area contributed by atoms with Crippen LogP contribution in [0.15, 0.2) is 22.7 Å². The molecule has 20 heavy (non-hydrogen) atoms. The van der Waals surface area contributed by atoms with E-state index in [0.29, 0.717) is 17.5 Å². The van der Waals surface area contributed by atoms with Crippen molar-refractivity contribution in [2.45, 2.75) is 32.9 Å². The van der Waals surface area contributed by atoms with Crippen molar-refractivity contribution in [3.8, 4) is 5.75 Å². The Morgan fingerprint density at radius 2 is 2.15 bits per heavy atom. The van der Waals surface area contributed by atoms with E-state index in [0.717, 1.165) is 33.7 Å². The lowest BCUT2D eigenvalue weighted by molar-refractivity contribution is 0.292. The van der Waals surface area contributed by atoms with Crippen LogP contribution in [-0.2, 0) is 19.0 Å². The van der Waals surface area contributed by atoms with E-state index >= 15 is 0 Å². The van der Waals surface area contributed by atoms with Crippen molar-refractivity contribution in [1.29, 1.82) is 0 Å². The summed E-state index contributed by atoms with van der Waals surface area (Å²) in [5.41, 5.74) is 2.71. The van der Waals surface area contributed by atoms with Gasteiger partial charge in [0.1, 0.15) is 12.4 Å². The van der Waals surface area contributed by atoms with Crippen molar-refractivity contribution in [2.24, 2.45) is 0 Å². The van der Waals surface area contributed by atoms with Gasteiger partial charge in [0, 0.05) is 16.9 Å². The third-order valence-corrected chi connectivity index (χ3v) is 4.54. The van der Waals surface area contributed by atoms with Crippen LogP contribution in [0.5, 0.6) is 5.75 Å². The summed E-state index contributed by atoms with van der Waals surface area (Å²) in [6.45, 7) is 5.07. The van der Waals surface area contributed by atoms with Crippen molar-refractivity contribution >= 4 is 39.1 Å². The van der Waals surface area contributed by atoms with E-state index in [-0.39, 0.29) is 0 Å². The molecule has 0 spiro atoms. The average molecular weight is 378 g/mol. The van der Waals surface area contributed by atoms with E-state index < -0.39 is 0 Å². The first kappa shape index (κ1) is 15.7. The number of benzene rings is 1. The Labute approximate surface area is 137 Å². The van der Waals surface area contributed by atoms with E-state index in [2.05, 4.69) is 21.0 Å². The zero-order valence-electron chi connectivity index (χ0n) is 11.3. The van der Waals surface area contributed by atoms with Crippen LogP contribution >= 0.6 is 39.1 Å². The molecule has 0 bridgehead atoms. The Morgan fingerprint density at radius 3 is 2.80 bits per heavy atom. The predicted octanol–water partition coefficient (Wildman–Crippen LogP) is 4.95. The lowest BCUT2D eigenvalue weighted by atomic mass is 10.2. The molecular weight excluding hydrogens is 363 g/mol. The molecule has 0 saturated carbocycles. The molecule has 0 radical (unpaired) electrons. The molecule has 2 rings (SSSR count). The zero-order chi connectivity index (χ0) is 14.7. The minimum atomic E-state index is 0.386. The number of ether oxygens (including phenoxy) is 1. The number of rotatable bonds is 5. The van der Waals surface area contributed by atoms with Crippen LogP contribution in [0.3, 0.4) is 0 Å². The highest BCUT2D eigenvalue weighted by atomic mass is 79.9. The first-order chi connectivity index (χ1) is 9.56. The second-order valence-electron chi connectivity index (χ2n) is 4.34. The van der Waals surface area contributed by atoms with E-state index in [1.165, 1.54) is 0 Å². The van der Waals surface area contributed by atoms with Gasteiger partial charge in [-0.15, -0.1) is 11.6 Å². The Kier molecular flexibility index (Phi) is 5.35. The monoisotopic (exact) mass is 376 g/mol. The van der Waals surface area contributed by atoms with Gasteiger partial charge in [0.05, 0.1) is 16.4 Å². The van der Waals surface area contributed by atoms with Crippen molar-refractivity contribution in [2.75, 3.05) is 0 Å². The minimum absolute atomic E-state index is 0.386. The summed E-state index contributed by atoms with van der Waals surface area (Å²) in [5, 5.41) is 5.03. The summed E-state index contributed by atoms with van der Waals surface area (Å²) in [4.78, 5) is 0. The first-order valence-corrected chi connectivity index (χ1v) is 7.96. The number of nitrogens with zero attached hydrogens (tertiary/aromatic N) is 2. The highest BCUT2D eigenvalue weighted by Gasteiger charge is 2.13.